The Morgan fingerprint density at radius 2 is 1.53 bits per heavy atom. The number of benzene rings is 3. The maximum Gasteiger partial charge on any atom is 0.336 e. The van der Waals surface area contributed by atoms with E-state index in [1.807, 2.05) is 30.3 Å². The zero-order valence-electron chi connectivity index (χ0n) is 18.8. The van der Waals surface area contributed by atoms with E-state index < -0.39 is 11.9 Å². The Labute approximate surface area is 197 Å². The normalized spacial score (nSPS) is 10.8. The van der Waals surface area contributed by atoms with E-state index in [0.717, 1.165) is 5.56 Å². The van der Waals surface area contributed by atoms with Gasteiger partial charge in [0.05, 0.1) is 20.4 Å². The maximum atomic E-state index is 12.1. The van der Waals surface area contributed by atoms with Crippen LogP contribution in [0, 0.1) is 0 Å². The number of hydrazone groups is 1. The number of nitrogens with one attached hydrogen (secondary N) is 1. The third kappa shape index (κ3) is 7.23. The smallest absolute Gasteiger partial charge is 0.336 e. The summed E-state index contributed by atoms with van der Waals surface area (Å²) in [7, 11) is 2.98. The molecule has 1 amide bonds. The fourth-order valence-corrected chi connectivity index (χ4v) is 2.81. The number of hydrogen-bond donors (Lipinski definition) is 1. The topological polar surface area (TPSA) is 95.5 Å². The Hall–Kier alpha value is -4.59. The van der Waals surface area contributed by atoms with Gasteiger partial charge < -0.3 is 18.9 Å². The molecule has 0 unspecified atom stereocenters. The highest BCUT2D eigenvalue weighted by molar-refractivity contribution is 5.89. The summed E-state index contributed by atoms with van der Waals surface area (Å²) in [5.41, 5.74) is 3.89. The van der Waals surface area contributed by atoms with Crippen molar-refractivity contribution in [3.8, 4) is 23.0 Å². The molecule has 0 saturated heterocycles. The molecule has 0 aliphatic carbocycles. The monoisotopic (exact) mass is 460 g/mol. The van der Waals surface area contributed by atoms with Crippen molar-refractivity contribution in [1.82, 2.24) is 5.43 Å². The summed E-state index contributed by atoms with van der Waals surface area (Å²) in [4.78, 5) is 24.1. The number of carbonyl (C=O) groups is 2. The second kappa shape index (κ2) is 12.4. The lowest BCUT2D eigenvalue weighted by molar-refractivity contribution is -0.129. The Morgan fingerprint density at radius 3 is 2.26 bits per heavy atom. The lowest BCUT2D eigenvalue weighted by atomic mass is 10.2. The van der Waals surface area contributed by atoms with Crippen LogP contribution in [0.3, 0.4) is 0 Å². The summed E-state index contributed by atoms with van der Waals surface area (Å²) >= 11 is 0. The van der Waals surface area contributed by atoms with Crippen molar-refractivity contribution in [2.45, 2.75) is 0 Å². The van der Waals surface area contributed by atoms with Crippen molar-refractivity contribution in [3.05, 3.63) is 90.0 Å². The standard InChI is InChI=1S/C26H24N2O6/c1-31-21-10-6-7-11-22(21)33-18-25(29)28-27-17-20-12-14-23(24(16-20)32-2)34-26(30)15-13-19-8-4-3-5-9-19/h3-17H,18H2,1-2H3,(H,28,29). The highest BCUT2D eigenvalue weighted by atomic mass is 16.6. The van der Waals surface area contributed by atoms with Crippen LogP contribution in [0.1, 0.15) is 11.1 Å². The van der Waals surface area contributed by atoms with Crippen LogP contribution in [0.2, 0.25) is 0 Å². The molecule has 0 fully saturated rings. The number of methoxy groups -OCH3 is 2. The van der Waals surface area contributed by atoms with Gasteiger partial charge in [-0.05, 0) is 47.5 Å². The summed E-state index contributed by atoms with van der Waals surface area (Å²) in [5, 5.41) is 3.92. The van der Waals surface area contributed by atoms with Gasteiger partial charge in [-0.15, -0.1) is 0 Å². The van der Waals surface area contributed by atoms with Gasteiger partial charge in [0.1, 0.15) is 0 Å². The van der Waals surface area contributed by atoms with Crippen molar-refractivity contribution < 1.29 is 28.5 Å². The molecule has 34 heavy (non-hydrogen) atoms. The van der Waals surface area contributed by atoms with Gasteiger partial charge in [0.15, 0.2) is 29.6 Å². The SMILES string of the molecule is COc1ccccc1OCC(=O)NN=Cc1ccc(OC(=O)C=Cc2ccccc2)c(OC)c1. The van der Waals surface area contributed by atoms with Crippen LogP contribution in [0.5, 0.6) is 23.0 Å². The highest BCUT2D eigenvalue weighted by Crippen LogP contribution is 2.28. The molecule has 0 bridgehead atoms. The lowest BCUT2D eigenvalue weighted by Crippen LogP contribution is -2.24. The van der Waals surface area contributed by atoms with Crippen molar-refractivity contribution in [2.24, 2.45) is 5.10 Å². The number of hydrogen-bond acceptors (Lipinski definition) is 7. The second-order valence-electron chi connectivity index (χ2n) is 6.81. The fraction of sp³-hybridized carbons (Fsp3) is 0.115. The molecule has 3 aromatic carbocycles. The lowest BCUT2D eigenvalue weighted by Gasteiger charge is -2.09. The van der Waals surface area contributed by atoms with E-state index in [4.69, 9.17) is 18.9 Å². The Morgan fingerprint density at radius 1 is 0.824 bits per heavy atom. The summed E-state index contributed by atoms with van der Waals surface area (Å²) < 4.78 is 21.3. The van der Waals surface area contributed by atoms with Crippen molar-refractivity contribution in [3.63, 3.8) is 0 Å². The summed E-state index contributed by atoms with van der Waals surface area (Å²) in [6.07, 6.45) is 4.44. The molecular weight excluding hydrogens is 436 g/mol. The first-order chi connectivity index (χ1) is 16.6. The van der Waals surface area contributed by atoms with Gasteiger partial charge in [0.25, 0.3) is 5.91 Å². The Kier molecular flexibility index (Phi) is 8.81. The minimum absolute atomic E-state index is 0.230. The Bertz CT molecular complexity index is 1170. The number of nitrogens with zero attached hydrogens (tertiary/aromatic N) is 1. The molecule has 0 aromatic heterocycles. The maximum absolute atomic E-state index is 12.1. The van der Waals surface area contributed by atoms with E-state index in [1.54, 1.807) is 48.5 Å². The van der Waals surface area contributed by atoms with Gasteiger partial charge in [-0.3, -0.25) is 4.79 Å². The van der Waals surface area contributed by atoms with Crippen molar-refractivity contribution in [1.29, 1.82) is 0 Å². The average molecular weight is 460 g/mol. The molecule has 0 heterocycles. The quantitative estimate of drug-likeness (QED) is 0.162. The molecule has 0 atom stereocenters. The summed E-state index contributed by atoms with van der Waals surface area (Å²) in [6, 6.07) is 21.3. The molecule has 0 radical (unpaired) electrons. The number of para-hydroxylation sites is 2. The van der Waals surface area contributed by atoms with Gasteiger partial charge in [0.2, 0.25) is 0 Å². The molecule has 8 heteroatoms. The van der Waals surface area contributed by atoms with Crippen LogP contribution in [0.15, 0.2) is 84.0 Å². The van der Waals surface area contributed by atoms with E-state index in [-0.39, 0.29) is 12.4 Å². The van der Waals surface area contributed by atoms with Crippen LogP contribution in [0.4, 0.5) is 0 Å². The third-order valence-corrected chi connectivity index (χ3v) is 4.44. The van der Waals surface area contributed by atoms with Gasteiger partial charge in [-0.2, -0.15) is 5.10 Å². The highest BCUT2D eigenvalue weighted by Gasteiger charge is 2.09. The summed E-state index contributed by atoms with van der Waals surface area (Å²) in [5.74, 6) is 0.614. The van der Waals surface area contributed by atoms with E-state index in [2.05, 4.69) is 10.5 Å². The number of esters is 1. The first-order valence-corrected chi connectivity index (χ1v) is 10.3. The molecule has 1 N–H and O–H groups in total. The molecule has 174 valence electrons. The van der Waals surface area contributed by atoms with Gasteiger partial charge in [-0.25, -0.2) is 10.2 Å². The third-order valence-electron chi connectivity index (χ3n) is 4.44. The molecule has 0 spiro atoms. The second-order valence-corrected chi connectivity index (χ2v) is 6.81. The van der Waals surface area contributed by atoms with Crippen molar-refractivity contribution >= 4 is 24.2 Å². The van der Waals surface area contributed by atoms with Gasteiger partial charge in [0, 0.05) is 6.08 Å². The van der Waals surface area contributed by atoms with Crippen LogP contribution < -0.4 is 24.4 Å². The molecule has 0 aliphatic rings. The van der Waals surface area contributed by atoms with E-state index in [0.29, 0.717) is 22.8 Å². The number of carbonyl (C=O) groups excluding carboxylic acids is 2. The largest absolute Gasteiger partial charge is 0.493 e. The molecule has 3 rings (SSSR count). The number of ether oxygens (including phenoxy) is 4. The first kappa shape index (κ1) is 24.1. The van der Waals surface area contributed by atoms with Crippen LogP contribution >= 0.6 is 0 Å². The fourth-order valence-electron chi connectivity index (χ4n) is 2.81. The van der Waals surface area contributed by atoms with E-state index >= 15 is 0 Å². The van der Waals surface area contributed by atoms with Gasteiger partial charge in [-0.1, -0.05) is 42.5 Å². The molecule has 3 aromatic rings. The summed E-state index contributed by atoms with van der Waals surface area (Å²) in [6.45, 7) is -0.230. The molecule has 0 aliphatic heterocycles. The zero-order valence-corrected chi connectivity index (χ0v) is 18.8. The minimum Gasteiger partial charge on any atom is -0.493 e. The van der Waals surface area contributed by atoms with E-state index in [1.165, 1.54) is 26.5 Å². The predicted molar refractivity (Wildman–Crippen MR) is 128 cm³/mol. The van der Waals surface area contributed by atoms with Crippen LogP contribution in [-0.2, 0) is 9.59 Å². The average Bonchev–Trinajstić information content (AvgIpc) is 2.87. The van der Waals surface area contributed by atoms with Gasteiger partial charge >= 0.3 is 5.97 Å². The Balaban J connectivity index is 1.53. The zero-order chi connectivity index (χ0) is 24.2. The first-order valence-electron chi connectivity index (χ1n) is 10.3. The van der Waals surface area contributed by atoms with Crippen LogP contribution in [0.25, 0.3) is 6.08 Å². The van der Waals surface area contributed by atoms with Crippen molar-refractivity contribution in [2.75, 3.05) is 20.8 Å². The van der Waals surface area contributed by atoms with Crippen LogP contribution in [-0.4, -0.2) is 38.9 Å². The van der Waals surface area contributed by atoms with E-state index in [9.17, 15) is 9.59 Å². The molecule has 8 nitrogen and oxygen atoms in total. The molecular formula is C26H24N2O6. The number of amides is 1. The predicted octanol–water partition coefficient (Wildman–Crippen LogP) is 3.85. The molecule has 0 saturated carbocycles. The number of rotatable bonds is 10. The minimum atomic E-state index is -0.536.